The Hall–Kier alpha value is -2.76. The van der Waals surface area contributed by atoms with Gasteiger partial charge in [0.25, 0.3) is 0 Å². The molecular formula is C16H17FN6O3S. The van der Waals surface area contributed by atoms with Crippen molar-refractivity contribution in [1.82, 2.24) is 29.9 Å². The second-order valence-corrected chi connectivity index (χ2v) is 7.60. The zero-order valence-corrected chi connectivity index (χ0v) is 15.1. The average Bonchev–Trinajstić information content (AvgIpc) is 3.11. The summed E-state index contributed by atoms with van der Waals surface area (Å²) in [5.74, 6) is -0.109. The molecular weight excluding hydrogens is 375 g/mol. The van der Waals surface area contributed by atoms with Gasteiger partial charge in [-0.25, -0.2) is 17.5 Å². The van der Waals surface area contributed by atoms with Crippen LogP contribution < -0.4 is 4.72 Å². The van der Waals surface area contributed by atoms with Crippen molar-refractivity contribution in [2.45, 2.75) is 24.5 Å². The van der Waals surface area contributed by atoms with Gasteiger partial charge in [-0.05, 0) is 48.5 Å². The van der Waals surface area contributed by atoms with Gasteiger partial charge in [0.2, 0.25) is 15.8 Å². The zero-order chi connectivity index (χ0) is 19.4. The van der Waals surface area contributed by atoms with E-state index in [-0.39, 0.29) is 18.0 Å². The lowest BCUT2D eigenvalue weighted by molar-refractivity contribution is 0.198. The zero-order valence-electron chi connectivity index (χ0n) is 14.3. The summed E-state index contributed by atoms with van der Waals surface area (Å²) in [6.07, 6.45) is 0.326. The molecule has 0 aliphatic rings. The maximum Gasteiger partial charge on any atom is 0.240 e. The molecule has 142 valence electrons. The first-order valence-electron chi connectivity index (χ1n) is 8.00. The lowest BCUT2D eigenvalue weighted by Crippen LogP contribution is -2.30. The van der Waals surface area contributed by atoms with E-state index in [2.05, 4.69) is 25.1 Å². The highest BCUT2D eigenvalue weighted by molar-refractivity contribution is 7.89. The average molecular weight is 392 g/mol. The summed E-state index contributed by atoms with van der Waals surface area (Å²) in [5, 5.41) is 21.3. The second-order valence-electron chi connectivity index (χ2n) is 5.84. The first-order valence-corrected chi connectivity index (χ1v) is 9.48. The van der Waals surface area contributed by atoms with Gasteiger partial charge in [0.15, 0.2) is 0 Å². The molecule has 0 aliphatic carbocycles. The van der Waals surface area contributed by atoms with Crippen molar-refractivity contribution in [3.8, 4) is 11.4 Å². The van der Waals surface area contributed by atoms with Crippen LogP contribution >= 0.6 is 0 Å². The number of aliphatic hydroxyl groups is 1. The van der Waals surface area contributed by atoms with Crippen molar-refractivity contribution in [3.05, 3.63) is 54.1 Å². The van der Waals surface area contributed by atoms with Crippen LogP contribution in [-0.2, 0) is 16.6 Å². The van der Waals surface area contributed by atoms with E-state index in [0.717, 1.165) is 6.20 Å². The van der Waals surface area contributed by atoms with Crippen molar-refractivity contribution in [1.29, 1.82) is 0 Å². The van der Waals surface area contributed by atoms with Gasteiger partial charge in [0.1, 0.15) is 12.4 Å². The summed E-state index contributed by atoms with van der Waals surface area (Å²) in [6.45, 7) is 1.64. The minimum Gasteiger partial charge on any atom is -0.392 e. The number of tetrazole rings is 1. The van der Waals surface area contributed by atoms with Crippen LogP contribution in [0.3, 0.4) is 0 Å². The molecule has 0 bridgehead atoms. The predicted octanol–water partition coefficient (Wildman–Crippen LogP) is 0.582. The number of benzene rings is 1. The molecule has 0 radical (unpaired) electrons. The molecule has 0 amide bonds. The predicted molar refractivity (Wildman–Crippen MR) is 93.4 cm³/mol. The van der Waals surface area contributed by atoms with Crippen molar-refractivity contribution < 1.29 is 17.9 Å². The highest BCUT2D eigenvalue weighted by atomic mass is 32.2. The van der Waals surface area contributed by atoms with E-state index in [1.165, 1.54) is 36.0 Å². The molecule has 0 saturated carbocycles. The van der Waals surface area contributed by atoms with Gasteiger partial charge in [-0.15, -0.1) is 10.2 Å². The van der Waals surface area contributed by atoms with Crippen molar-refractivity contribution in [2.75, 3.05) is 6.54 Å². The topological polar surface area (TPSA) is 123 Å². The van der Waals surface area contributed by atoms with E-state index < -0.39 is 21.9 Å². The maximum absolute atomic E-state index is 12.9. The number of aliphatic hydroxyl groups excluding tert-OH is 1. The monoisotopic (exact) mass is 392 g/mol. The number of hydrogen-bond donors (Lipinski definition) is 2. The Balaban J connectivity index is 1.72. The number of pyridine rings is 1. The number of aromatic nitrogens is 5. The van der Waals surface area contributed by atoms with Crippen LogP contribution in [0.4, 0.5) is 4.39 Å². The fourth-order valence-corrected chi connectivity index (χ4v) is 3.29. The van der Waals surface area contributed by atoms with E-state index in [1.54, 1.807) is 12.1 Å². The molecule has 11 heteroatoms. The largest absolute Gasteiger partial charge is 0.392 e. The lowest BCUT2D eigenvalue weighted by Gasteiger charge is -2.08. The van der Waals surface area contributed by atoms with Gasteiger partial charge in [-0.3, -0.25) is 4.98 Å². The minimum absolute atomic E-state index is 0.0646. The molecule has 2 heterocycles. The van der Waals surface area contributed by atoms with Gasteiger partial charge in [-0.2, -0.15) is 4.80 Å². The molecule has 1 aromatic carbocycles. The normalized spacial score (nSPS) is 12.9. The summed E-state index contributed by atoms with van der Waals surface area (Å²) < 4.78 is 39.4. The Bertz CT molecular complexity index is 1000. The Labute approximate surface area is 154 Å². The van der Waals surface area contributed by atoms with Crippen molar-refractivity contribution >= 4 is 10.0 Å². The lowest BCUT2D eigenvalue weighted by atomic mass is 10.2. The molecule has 0 unspecified atom stereocenters. The van der Waals surface area contributed by atoms with E-state index in [9.17, 15) is 17.9 Å². The summed E-state index contributed by atoms with van der Waals surface area (Å²) >= 11 is 0. The van der Waals surface area contributed by atoms with Gasteiger partial charge in [-0.1, -0.05) is 0 Å². The number of sulfonamides is 1. The quantitative estimate of drug-likeness (QED) is 0.603. The van der Waals surface area contributed by atoms with Crippen molar-refractivity contribution in [2.24, 2.45) is 0 Å². The Morgan fingerprint density at radius 1 is 1.22 bits per heavy atom. The first kappa shape index (κ1) is 19.0. The molecule has 0 aliphatic heterocycles. The molecule has 27 heavy (non-hydrogen) atoms. The summed E-state index contributed by atoms with van der Waals surface area (Å²) in [4.78, 5) is 5.30. The third-order valence-electron chi connectivity index (χ3n) is 3.54. The standard InChI is InChI=1S/C16H17FN6O3S/c1-11(24)8-19-27(25,26)15-6-2-12(3-7-15)16-20-22-23(21-16)10-14-5-4-13(17)9-18-14/h2-7,9,11,19,24H,8,10H2,1H3/t11-/m1/s1. The molecule has 9 nitrogen and oxygen atoms in total. The van der Waals surface area contributed by atoms with Gasteiger partial charge in [0, 0.05) is 12.1 Å². The Kier molecular flexibility index (Phi) is 5.54. The smallest absolute Gasteiger partial charge is 0.240 e. The van der Waals surface area contributed by atoms with E-state index in [1.807, 2.05) is 0 Å². The van der Waals surface area contributed by atoms with Crippen LogP contribution in [0.5, 0.6) is 0 Å². The first-order chi connectivity index (χ1) is 12.8. The maximum atomic E-state index is 12.9. The second kappa shape index (κ2) is 7.86. The molecule has 2 N–H and O–H groups in total. The molecule has 2 aromatic heterocycles. The third kappa shape index (κ3) is 4.90. The Morgan fingerprint density at radius 3 is 2.59 bits per heavy atom. The van der Waals surface area contributed by atoms with E-state index >= 15 is 0 Å². The van der Waals surface area contributed by atoms with Gasteiger partial charge >= 0.3 is 0 Å². The van der Waals surface area contributed by atoms with E-state index in [0.29, 0.717) is 17.1 Å². The number of hydrogen-bond acceptors (Lipinski definition) is 7. The Morgan fingerprint density at radius 2 is 1.96 bits per heavy atom. The van der Waals surface area contributed by atoms with E-state index in [4.69, 9.17) is 0 Å². The summed E-state index contributed by atoms with van der Waals surface area (Å²) in [7, 11) is -3.70. The van der Waals surface area contributed by atoms with Gasteiger partial charge < -0.3 is 5.11 Å². The highest BCUT2D eigenvalue weighted by Crippen LogP contribution is 2.17. The molecule has 1 atom stereocenters. The highest BCUT2D eigenvalue weighted by Gasteiger charge is 2.15. The fourth-order valence-electron chi connectivity index (χ4n) is 2.17. The van der Waals surface area contributed by atoms with Crippen LogP contribution in [0.2, 0.25) is 0 Å². The van der Waals surface area contributed by atoms with Gasteiger partial charge in [0.05, 0.1) is 22.9 Å². The number of nitrogens with zero attached hydrogens (tertiary/aromatic N) is 5. The third-order valence-corrected chi connectivity index (χ3v) is 4.98. The minimum atomic E-state index is -3.70. The molecule has 0 saturated heterocycles. The van der Waals surface area contributed by atoms with Crippen LogP contribution in [0.1, 0.15) is 12.6 Å². The summed E-state index contributed by atoms with van der Waals surface area (Å²) in [6, 6.07) is 8.79. The molecule has 3 aromatic rings. The van der Waals surface area contributed by atoms with Crippen LogP contribution in [0.25, 0.3) is 11.4 Å². The van der Waals surface area contributed by atoms with Crippen LogP contribution in [-0.4, -0.2) is 51.4 Å². The van der Waals surface area contributed by atoms with Crippen LogP contribution in [0, 0.1) is 5.82 Å². The summed E-state index contributed by atoms with van der Waals surface area (Å²) in [5.41, 5.74) is 1.16. The molecule has 0 fully saturated rings. The SMILES string of the molecule is C[C@@H](O)CNS(=O)(=O)c1ccc(-c2nnn(Cc3ccc(F)cn3)n2)cc1. The fraction of sp³-hybridized carbons (Fsp3) is 0.250. The molecule has 0 spiro atoms. The number of halogens is 1. The molecule has 3 rings (SSSR count). The number of nitrogens with one attached hydrogen (secondary N) is 1. The van der Waals surface area contributed by atoms with Crippen molar-refractivity contribution in [3.63, 3.8) is 0 Å². The van der Waals surface area contributed by atoms with Crippen LogP contribution in [0.15, 0.2) is 47.5 Å². The number of rotatable bonds is 7.